The Labute approximate surface area is 159 Å². The fraction of sp³-hybridized carbons (Fsp3) is 0.176. The maximum Gasteiger partial charge on any atom is 0.423 e. The molecule has 6 nitrogen and oxygen atoms in total. The van der Waals surface area contributed by atoms with Crippen molar-refractivity contribution in [3.8, 4) is 0 Å². The molecule has 0 radical (unpaired) electrons. The molecule has 0 spiro atoms. The summed E-state index contributed by atoms with van der Waals surface area (Å²) in [6.45, 7) is 0. The molecule has 0 bridgehead atoms. The Bertz CT molecular complexity index is 881. The van der Waals surface area contributed by atoms with Crippen LogP contribution in [0.25, 0.3) is 0 Å². The molecule has 29 heavy (non-hydrogen) atoms. The molecule has 1 unspecified atom stereocenters. The smallest absolute Gasteiger partial charge is 0.376 e. The molecule has 0 saturated heterocycles. The summed E-state index contributed by atoms with van der Waals surface area (Å²) in [6, 6.07) is 9.45. The van der Waals surface area contributed by atoms with E-state index in [0.717, 1.165) is 24.3 Å². The van der Waals surface area contributed by atoms with Crippen molar-refractivity contribution in [1.29, 1.82) is 0 Å². The number of nitrogens with one attached hydrogen (secondary N) is 3. The van der Waals surface area contributed by atoms with Gasteiger partial charge in [0.15, 0.2) is 0 Å². The highest BCUT2D eigenvalue weighted by atomic mass is 19.4. The first-order valence-electron chi connectivity index (χ1n) is 7.78. The van der Waals surface area contributed by atoms with E-state index in [2.05, 4.69) is 5.32 Å². The molecular formula is C17H13F6N3O3. The lowest BCUT2D eigenvalue weighted by Crippen LogP contribution is -2.51. The van der Waals surface area contributed by atoms with Crippen molar-refractivity contribution >= 4 is 23.2 Å². The number of amides is 2. The molecule has 4 N–H and O–H groups in total. The topological polar surface area (TPSA) is 90.5 Å². The number of alkyl halides is 6. The summed E-state index contributed by atoms with van der Waals surface area (Å²) in [5, 5.41) is 11.5. The summed E-state index contributed by atoms with van der Waals surface area (Å²) in [5.41, 5.74) is 2.47. The predicted molar refractivity (Wildman–Crippen MR) is 88.8 cm³/mol. The fourth-order valence-electron chi connectivity index (χ4n) is 2.09. The Morgan fingerprint density at radius 1 is 0.862 bits per heavy atom. The van der Waals surface area contributed by atoms with E-state index >= 15 is 0 Å². The van der Waals surface area contributed by atoms with Gasteiger partial charge in [-0.3, -0.25) is 20.4 Å². The molecule has 0 aliphatic heterocycles. The molecule has 2 aromatic carbocycles. The second-order valence-electron chi connectivity index (χ2n) is 5.63. The summed E-state index contributed by atoms with van der Waals surface area (Å²) in [5.74, 6) is -2.92. The first kappa shape index (κ1) is 22.0. The van der Waals surface area contributed by atoms with Crippen molar-refractivity contribution in [2.45, 2.75) is 18.5 Å². The Morgan fingerprint density at radius 2 is 1.45 bits per heavy atom. The first-order valence-corrected chi connectivity index (χ1v) is 7.78. The highest BCUT2D eigenvalue weighted by Gasteiger charge is 2.43. The average molecular weight is 421 g/mol. The van der Waals surface area contributed by atoms with Crippen molar-refractivity contribution in [2.75, 3.05) is 5.32 Å². The van der Waals surface area contributed by atoms with Gasteiger partial charge in [0.25, 0.3) is 11.8 Å². The van der Waals surface area contributed by atoms with E-state index in [9.17, 15) is 35.9 Å². The number of anilines is 2. The van der Waals surface area contributed by atoms with Gasteiger partial charge in [-0.05, 0) is 36.4 Å². The van der Waals surface area contributed by atoms with Crippen molar-refractivity contribution in [1.82, 2.24) is 10.9 Å². The highest BCUT2D eigenvalue weighted by Crippen LogP contribution is 2.30. The van der Waals surface area contributed by atoms with Gasteiger partial charge in [-0.15, -0.1) is 0 Å². The van der Waals surface area contributed by atoms with Gasteiger partial charge in [-0.2, -0.15) is 26.3 Å². The minimum Gasteiger partial charge on any atom is -0.376 e. The van der Waals surface area contributed by atoms with Crippen LogP contribution in [0.3, 0.4) is 0 Å². The number of carbonyl (C=O) groups excluding carboxylic acids is 2. The van der Waals surface area contributed by atoms with E-state index in [4.69, 9.17) is 5.11 Å². The monoisotopic (exact) mass is 421 g/mol. The number of halogens is 6. The SMILES string of the molecule is O=C(NNC(=O)C(O)C(F)(F)F)c1ccccc1Nc1ccc(C(F)(F)F)cc1. The fourth-order valence-corrected chi connectivity index (χ4v) is 2.09. The van der Waals surface area contributed by atoms with Crippen molar-refractivity contribution in [3.63, 3.8) is 0 Å². The zero-order valence-electron chi connectivity index (χ0n) is 14.2. The van der Waals surface area contributed by atoms with E-state index in [1.165, 1.54) is 29.7 Å². The lowest BCUT2D eigenvalue weighted by Gasteiger charge is -2.16. The molecule has 0 aromatic heterocycles. The zero-order valence-corrected chi connectivity index (χ0v) is 14.2. The lowest BCUT2D eigenvalue weighted by atomic mass is 10.1. The number of hydrogen-bond donors (Lipinski definition) is 4. The zero-order chi connectivity index (χ0) is 21.8. The van der Waals surface area contributed by atoms with Crippen LogP contribution in [0.2, 0.25) is 0 Å². The maximum absolute atomic E-state index is 12.6. The van der Waals surface area contributed by atoms with E-state index in [-0.39, 0.29) is 16.9 Å². The van der Waals surface area contributed by atoms with Gasteiger partial charge < -0.3 is 10.4 Å². The molecule has 1 atom stereocenters. The van der Waals surface area contributed by atoms with Crippen molar-refractivity contribution < 1.29 is 41.0 Å². The van der Waals surface area contributed by atoms with Gasteiger partial charge in [0.1, 0.15) is 0 Å². The summed E-state index contributed by atoms with van der Waals surface area (Å²) in [7, 11) is 0. The van der Waals surface area contributed by atoms with Gasteiger partial charge in [0, 0.05) is 5.69 Å². The van der Waals surface area contributed by atoms with Crippen LogP contribution in [0.4, 0.5) is 37.7 Å². The number of aliphatic hydroxyl groups excluding tert-OH is 1. The number of aliphatic hydroxyl groups is 1. The molecule has 0 heterocycles. The van der Waals surface area contributed by atoms with Gasteiger partial charge in [0.05, 0.1) is 16.8 Å². The molecule has 2 aromatic rings. The van der Waals surface area contributed by atoms with Crippen LogP contribution in [-0.4, -0.2) is 29.2 Å². The van der Waals surface area contributed by atoms with Crippen molar-refractivity contribution in [3.05, 3.63) is 59.7 Å². The predicted octanol–water partition coefficient (Wildman–Crippen LogP) is 3.13. The van der Waals surface area contributed by atoms with Crippen LogP contribution < -0.4 is 16.2 Å². The number of benzene rings is 2. The van der Waals surface area contributed by atoms with E-state index in [0.29, 0.717) is 0 Å². The summed E-state index contributed by atoms with van der Waals surface area (Å²) < 4.78 is 74.6. The average Bonchev–Trinajstić information content (AvgIpc) is 2.64. The van der Waals surface area contributed by atoms with Crippen LogP contribution >= 0.6 is 0 Å². The minimum absolute atomic E-state index is 0.107. The molecule has 0 aliphatic carbocycles. The molecule has 0 aliphatic rings. The third-order valence-corrected chi connectivity index (χ3v) is 3.52. The summed E-state index contributed by atoms with van der Waals surface area (Å²) in [4.78, 5) is 23.4. The molecule has 0 saturated carbocycles. The summed E-state index contributed by atoms with van der Waals surface area (Å²) in [6.07, 6.45) is -13.1. The Kier molecular flexibility index (Phi) is 6.37. The molecule has 2 amide bonds. The molecule has 2 rings (SSSR count). The third kappa shape index (κ3) is 5.85. The number of hydrogen-bond acceptors (Lipinski definition) is 4. The number of hydrazine groups is 1. The van der Waals surface area contributed by atoms with Crippen LogP contribution in [0.15, 0.2) is 48.5 Å². The Morgan fingerprint density at radius 3 is 2.00 bits per heavy atom. The van der Waals surface area contributed by atoms with E-state index in [1.54, 1.807) is 5.43 Å². The lowest BCUT2D eigenvalue weighted by molar-refractivity contribution is -0.205. The third-order valence-electron chi connectivity index (χ3n) is 3.52. The van der Waals surface area contributed by atoms with Crippen LogP contribution in [0.1, 0.15) is 15.9 Å². The molecule has 0 fully saturated rings. The molecular weight excluding hydrogens is 408 g/mol. The minimum atomic E-state index is -5.21. The van der Waals surface area contributed by atoms with E-state index < -0.39 is 35.8 Å². The molecule has 12 heteroatoms. The van der Waals surface area contributed by atoms with Crippen LogP contribution in [0, 0.1) is 0 Å². The van der Waals surface area contributed by atoms with Gasteiger partial charge in [-0.1, -0.05) is 12.1 Å². The quantitative estimate of drug-likeness (QED) is 0.451. The summed E-state index contributed by atoms with van der Waals surface area (Å²) >= 11 is 0. The van der Waals surface area contributed by atoms with Gasteiger partial charge in [0.2, 0.25) is 6.10 Å². The second-order valence-corrected chi connectivity index (χ2v) is 5.63. The van der Waals surface area contributed by atoms with Gasteiger partial charge in [-0.25, -0.2) is 0 Å². The standard InChI is InChI=1S/C17H13F6N3O3/c18-16(19,20)9-5-7-10(8-6-9)24-12-4-2-1-3-11(12)14(28)25-26-15(29)13(27)17(21,22)23/h1-8,13,24,27H,(H,25,28)(H,26,29). The number of para-hydroxylation sites is 1. The second kappa shape index (κ2) is 8.39. The largest absolute Gasteiger partial charge is 0.423 e. The molecule has 156 valence electrons. The normalized spacial score (nSPS) is 12.8. The maximum atomic E-state index is 12.6. The van der Waals surface area contributed by atoms with Crippen molar-refractivity contribution in [2.24, 2.45) is 0 Å². The van der Waals surface area contributed by atoms with Crippen LogP contribution in [-0.2, 0) is 11.0 Å². The van der Waals surface area contributed by atoms with E-state index in [1.807, 2.05) is 0 Å². The van der Waals surface area contributed by atoms with Crippen LogP contribution in [0.5, 0.6) is 0 Å². The Balaban J connectivity index is 2.10. The van der Waals surface area contributed by atoms with Gasteiger partial charge >= 0.3 is 12.4 Å². The number of rotatable bonds is 4. The Hall–Kier alpha value is -3.28. The first-order chi connectivity index (χ1) is 13.4. The number of carbonyl (C=O) groups is 2. The highest BCUT2D eigenvalue weighted by molar-refractivity contribution is 6.01.